The van der Waals surface area contributed by atoms with Crippen LogP contribution in [0.5, 0.6) is 0 Å². The highest BCUT2D eigenvalue weighted by molar-refractivity contribution is 5.69. The summed E-state index contributed by atoms with van der Waals surface area (Å²) in [5.74, 6) is -2.87. The van der Waals surface area contributed by atoms with Crippen molar-refractivity contribution in [2.24, 2.45) is 5.92 Å². The van der Waals surface area contributed by atoms with Crippen LogP contribution in [0.15, 0.2) is 18.2 Å². The molecule has 1 heterocycles. The molecule has 0 saturated heterocycles. The van der Waals surface area contributed by atoms with Gasteiger partial charge in [0.1, 0.15) is 11.6 Å². The van der Waals surface area contributed by atoms with E-state index in [-0.39, 0.29) is 24.4 Å². The zero-order valence-electron chi connectivity index (χ0n) is 10.6. The number of nitrogens with zero attached hydrogens (tertiary/aromatic N) is 4. The summed E-state index contributed by atoms with van der Waals surface area (Å²) in [7, 11) is 0. The Morgan fingerprint density at radius 2 is 2.05 bits per heavy atom. The van der Waals surface area contributed by atoms with E-state index in [9.17, 15) is 13.6 Å². The van der Waals surface area contributed by atoms with Gasteiger partial charge in [-0.1, -0.05) is 13.0 Å². The van der Waals surface area contributed by atoms with E-state index in [0.29, 0.717) is 0 Å². The third-order valence-corrected chi connectivity index (χ3v) is 2.87. The van der Waals surface area contributed by atoms with Crippen molar-refractivity contribution in [3.8, 4) is 0 Å². The largest absolute Gasteiger partial charge is 0.481 e. The Balaban J connectivity index is 2.23. The predicted molar refractivity (Wildman–Crippen MR) is 63.8 cm³/mol. The first kappa shape index (κ1) is 14.0. The van der Waals surface area contributed by atoms with Gasteiger partial charge in [-0.05, 0) is 22.6 Å². The van der Waals surface area contributed by atoms with Gasteiger partial charge in [0.25, 0.3) is 0 Å². The normalized spacial score (nSPS) is 12.3. The number of rotatable bonds is 5. The van der Waals surface area contributed by atoms with Crippen LogP contribution in [-0.2, 0) is 17.8 Å². The number of benzene rings is 1. The fraction of sp³-hybridized carbons (Fsp3) is 0.333. The Hall–Kier alpha value is -2.38. The number of carboxylic acid groups (broad SMARTS) is 1. The summed E-state index contributed by atoms with van der Waals surface area (Å²) in [6.45, 7) is 1.53. The molecule has 20 heavy (non-hydrogen) atoms. The maximum atomic E-state index is 13.6. The van der Waals surface area contributed by atoms with Gasteiger partial charge >= 0.3 is 5.97 Å². The highest BCUT2D eigenvalue weighted by Gasteiger charge is 2.18. The van der Waals surface area contributed by atoms with Crippen LogP contribution in [0.25, 0.3) is 0 Å². The van der Waals surface area contributed by atoms with Crippen LogP contribution in [0.1, 0.15) is 18.3 Å². The molecule has 1 aromatic heterocycles. The molecule has 2 rings (SSSR count). The van der Waals surface area contributed by atoms with Crippen molar-refractivity contribution < 1.29 is 18.7 Å². The van der Waals surface area contributed by atoms with Crippen molar-refractivity contribution in [3.63, 3.8) is 0 Å². The number of aromatic nitrogens is 4. The molecule has 2 aromatic rings. The van der Waals surface area contributed by atoms with Gasteiger partial charge in [0, 0.05) is 12.0 Å². The quantitative estimate of drug-likeness (QED) is 0.893. The zero-order chi connectivity index (χ0) is 14.7. The van der Waals surface area contributed by atoms with E-state index >= 15 is 0 Å². The predicted octanol–water partition coefficient (Wildman–Crippen LogP) is 1.26. The monoisotopic (exact) mass is 282 g/mol. The van der Waals surface area contributed by atoms with E-state index in [1.807, 2.05) is 0 Å². The van der Waals surface area contributed by atoms with Crippen molar-refractivity contribution in [1.29, 1.82) is 0 Å². The van der Waals surface area contributed by atoms with E-state index in [1.54, 1.807) is 0 Å². The number of hydrogen-bond acceptors (Lipinski definition) is 4. The third-order valence-electron chi connectivity index (χ3n) is 2.87. The summed E-state index contributed by atoms with van der Waals surface area (Å²) < 4.78 is 28.3. The lowest BCUT2D eigenvalue weighted by molar-refractivity contribution is -0.141. The zero-order valence-corrected chi connectivity index (χ0v) is 10.6. The summed E-state index contributed by atoms with van der Waals surface area (Å²) in [4.78, 5) is 10.8. The van der Waals surface area contributed by atoms with Gasteiger partial charge < -0.3 is 5.11 Å². The molecule has 0 aliphatic rings. The number of halogens is 2. The smallest absolute Gasteiger partial charge is 0.308 e. The average molecular weight is 282 g/mol. The van der Waals surface area contributed by atoms with Gasteiger partial charge in [-0.2, -0.15) is 0 Å². The molecular weight excluding hydrogens is 270 g/mol. The van der Waals surface area contributed by atoms with Gasteiger partial charge in [0.15, 0.2) is 5.82 Å². The van der Waals surface area contributed by atoms with Crippen LogP contribution in [0.3, 0.4) is 0 Å². The van der Waals surface area contributed by atoms with Crippen LogP contribution in [0, 0.1) is 17.6 Å². The lowest BCUT2D eigenvalue weighted by atomic mass is 10.1. The van der Waals surface area contributed by atoms with Crippen LogP contribution in [0.2, 0.25) is 0 Å². The minimum absolute atomic E-state index is 0.0355. The Bertz CT molecular complexity index is 609. The lowest BCUT2D eigenvalue weighted by Gasteiger charge is -2.08. The lowest BCUT2D eigenvalue weighted by Crippen LogP contribution is -2.19. The molecule has 1 aromatic carbocycles. The molecular formula is C12H12F2N4O2. The molecule has 1 unspecified atom stereocenters. The minimum atomic E-state index is -0.997. The molecule has 1 atom stereocenters. The summed E-state index contributed by atoms with van der Waals surface area (Å²) in [5, 5.41) is 19.6. The van der Waals surface area contributed by atoms with E-state index in [4.69, 9.17) is 5.11 Å². The molecule has 1 N–H and O–H groups in total. The molecule has 8 heteroatoms. The van der Waals surface area contributed by atoms with E-state index in [2.05, 4.69) is 15.5 Å². The standard InChI is InChI=1S/C12H12F2N4O2/c1-7(12(19)20)6-18-11(15-16-17-18)5-8-9(13)3-2-4-10(8)14/h2-4,7H,5-6H2,1H3,(H,19,20). The molecule has 0 aliphatic carbocycles. The van der Waals surface area contributed by atoms with Crippen molar-refractivity contribution >= 4 is 5.97 Å². The Morgan fingerprint density at radius 1 is 1.40 bits per heavy atom. The highest BCUT2D eigenvalue weighted by Crippen LogP contribution is 2.16. The van der Waals surface area contributed by atoms with Crippen molar-refractivity contribution in [2.75, 3.05) is 0 Å². The molecule has 6 nitrogen and oxygen atoms in total. The van der Waals surface area contributed by atoms with Gasteiger partial charge in [0.2, 0.25) is 0 Å². The second-order valence-electron chi connectivity index (χ2n) is 4.39. The Kier molecular flexibility index (Phi) is 4.02. The van der Waals surface area contributed by atoms with Crippen LogP contribution >= 0.6 is 0 Å². The number of carboxylic acids is 1. The van der Waals surface area contributed by atoms with Gasteiger partial charge in [-0.15, -0.1) is 5.10 Å². The molecule has 0 amide bonds. The van der Waals surface area contributed by atoms with Crippen molar-refractivity contribution in [2.45, 2.75) is 19.9 Å². The van der Waals surface area contributed by atoms with Crippen LogP contribution in [0.4, 0.5) is 8.78 Å². The summed E-state index contributed by atoms with van der Waals surface area (Å²) in [6.07, 6.45) is -0.141. The molecule has 106 valence electrons. The molecule has 0 spiro atoms. The Morgan fingerprint density at radius 3 is 2.65 bits per heavy atom. The first-order chi connectivity index (χ1) is 9.49. The molecule has 0 aliphatic heterocycles. The van der Waals surface area contributed by atoms with Crippen LogP contribution in [-0.4, -0.2) is 31.3 Å². The summed E-state index contributed by atoms with van der Waals surface area (Å²) in [6, 6.07) is 3.56. The van der Waals surface area contributed by atoms with Gasteiger partial charge in [-0.3, -0.25) is 4.79 Å². The van der Waals surface area contributed by atoms with Crippen LogP contribution < -0.4 is 0 Å². The van der Waals surface area contributed by atoms with Gasteiger partial charge in [-0.25, -0.2) is 13.5 Å². The highest BCUT2D eigenvalue weighted by atomic mass is 19.1. The van der Waals surface area contributed by atoms with E-state index < -0.39 is 23.5 Å². The maximum Gasteiger partial charge on any atom is 0.308 e. The molecule has 0 saturated carbocycles. The van der Waals surface area contributed by atoms with E-state index in [0.717, 1.165) is 12.1 Å². The number of hydrogen-bond donors (Lipinski definition) is 1. The molecule has 0 fully saturated rings. The summed E-state index contributed by atoms with van der Waals surface area (Å²) >= 11 is 0. The summed E-state index contributed by atoms with van der Waals surface area (Å²) in [5.41, 5.74) is -0.147. The Labute approximate surface area is 113 Å². The number of tetrazole rings is 1. The fourth-order valence-electron chi connectivity index (χ4n) is 1.69. The average Bonchev–Trinajstić information content (AvgIpc) is 2.81. The minimum Gasteiger partial charge on any atom is -0.481 e. The third kappa shape index (κ3) is 2.95. The maximum absolute atomic E-state index is 13.6. The fourth-order valence-corrected chi connectivity index (χ4v) is 1.69. The second kappa shape index (κ2) is 5.72. The van der Waals surface area contributed by atoms with Gasteiger partial charge in [0.05, 0.1) is 12.5 Å². The molecule has 0 bridgehead atoms. The second-order valence-corrected chi connectivity index (χ2v) is 4.39. The van der Waals surface area contributed by atoms with E-state index in [1.165, 1.54) is 17.7 Å². The SMILES string of the molecule is CC(Cn1nnnc1Cc1c(F)cccc1F)C(=O)O. The number of carbonyl (C=O) groups is 1. The van der Waals surface area contributed by atoms with Crippen molar-refractivity contribution in [3.05, 3.63) is 41.2 Å². The van der Waals surface area contributed by atoms with Crippen molar-refractivity contribution in [1.82, 2.24) is 20.2 Å². The number of aliphatic carboxylic acids is 1. The first-order valence-electron chi connectivity index (χ1n) is 5.89. The topological polar surface area (TPSA) is 80.9 Å². The first-order valence-corrected chi connectivity index (χ1v) is 5.89. The molecule has 0 radical (unpaired) electrons.